The summed E-state index contributed by atoms with van der Waals surface area (Å²) in [5, 5.41) is 27.4. The summed E-state index contributed by atoms with van der Waals surface area (Å²) in [5.74, 6) is -6.94. The molecule has 1 aromatic carbocycles. The van der Waals surface area contributed by atoms with Gasteiger partial charge in [0.1, 0.15) is 23.3 Å². The van der Waals surface area contributed by atoms with Crippen molar-refractivity contribution < 1.29 is 23.1 Å². The molecule has 0 fully saturated rings. The second-order valence-electron chi connectivity index (χ2n) is 3.14. The molecule has 0 aliphatic heterocycles. The largest absolute Gasteiger partial charge is 0.477 e. The lowest BCUT2D eigenvalue weighted by Gasteiger charge is -2.07. The summed E-state index contributed by atoms with van der Waals surface area (Å²) in [6.45, 7) is 0. The van der Waals surface area contributed by atoms with Gasteiger partial charge in [0, 0.05) is 12.3 Å². The molecule has 0 atom stereocenters. The number of nitriles is 2. The third-order valence-corrected chi connectivity index (χ3v) is 1.98. The molecule has 0 radical (unpaired) electrons. The highest BCUT2D eigenvalue weighted by molar-refractivity contribution is 5.89. The molecule has 8 heteroatoms. The molecule has 0 saturated heterocycles. The average Bonchev–Trinajstić information content (AvgIpc) is 2.36. The van der Waals surface area contributed by atoms with E-state index in [1.165, 1.54) is 12.1 Å². The molecule has 0 spiro atoms. The second-order valence-corrected chi connectivity index (χ2v) is 3.14. The Morgan fingerprint density at radius 3 is 2.32 bits per heavy atom. The first-order valence-corrected chi connectivity index (χ1v) is 4.60. The van der Waals surface area contributed by atoms with E-state index >= 15 is 0 Å². The Balaban J connectivity index is 3.33. The molecule has 1 rings (SSSR count). The minimum absolute atomic E-state index is 0.375. The lowest BCUT2D eigenvalue weighted by molar-refractivity contribution is 0.0685. The van der Waals surface area contributed by atoms with Gasteiger partial charge in [-0.05, 0) is 0 Å². The highest BCUT2D eigenvalue weighted by atomic mass is 19.2. The molecule has 19 heavy (non-hydrogen) atoms. The van der Waals surface area contributed by atoms with E-state index in [9.17, 15) is 18.0 Å². The van der Waals surface area contributed by atoms with Crippen LogP contribution in [0.3, 0.4) is 0 Å². The first-order chi connectivity index (χ1) is 8.92. The maximum Gasteiger partial charge on any atom is 0.341 e. The van der Waals surface area contributed by atoms with Crippen LogP contribution in [0.1, 0.15) is 10.4 Å². The van der Waals surface area contributed by atoms with E-state index in [-0.39, 0.29) is 0 Å². The van der Waals surface area contributed by atoms with Crippen LogP contribution in [-0.2, 0) is 0 Å². The van der Waals surface area contributed by atoms with Crippen molar-refractivity contribution in [1.29, 1.82) is 10.5 Å². The summed E-state index contributed by atoms with van der Waals surface area (Å²) in [6, 6.07) is 3.25. The number of carbonyl (C=O) groups is 1. The van der Waals surface area contributed by atoms with E-state index in [0.29, 0.717) is 6.07 Å². The summed E-state index contributed by atoms with van der Waals surface area (Å²) in [6.07, 6.45) is 0.737. The normalized spacial score (nSPS) is 9.11. The summed E-state index contributed by atoms with van der Waals surface area (Å²) < 4.78 is 39.7. The van der Waals surface area contributed by atoms with Gasteiger partial charge in [-0.25, -0.2) is 18.0 Å². The van der Waals surface area contributed by atoms with E-state index in [0.717, 1.165) is 6.20 Å². The van der Waals surface area contributed by atoms with Gasteiger partial charge in [-0.3, -0.25) is 0 Å². The molecule has 2 N–H and O–H groups in total. The van der Waals surface area contributed by atoms with Crippen LogP contribution in [0.5, 0.6) is 0 Å². The Kier molecular flexibility index (Phi) is 4.11. The molecule has 0 aromatic heterocycles. The number of nitrogens with zero attached hydrogens (tertiary/aromatic N) is 2. The maximum atomic E-state index is 13.6. The molecule has 0 bridgehead atoms. The fraction of sp³-hybridized carbons (Fsp3) is 0. The van der Waals surface area contributed by atoms with E-state index in [1.807, 2.05) is 5.32 Å². The quantitative estimate of drug-likeness (QED) is 0.646. The summed E-state index contributed by atoms with van der Waals surface area (Å²) in [7, 11) is 0. The molecule has 0 unspecified atom stereocenters. The number of nitrogens with one attached hydrogen (secondary N) is 1. The lowest BCUT2D eigenvalue weighted by Crippen LogP contribution is -2.09. The number of hydrogen-bond acceptors (Lipinski definition) is 4. The lowest BCUT2D eigenvalue weighted by atomic mass is 10.1. The zero-order chi connectivity index (χ0) is 14.6. The number of benzene rings is 1. The number of anilines is 1. The monoisotopic (exact) mass is 267 g/mol. The van der Waals surface area contributed by atoms with Gasteiger partial charge >= 0.3 is 5.97 Å². The van der Waals surface area contributed by atoms with Crippen LogP contribution in [0.15, 0.2) is 17.8 Å². The van der Waals surface area contributed by atoms with Crippen molar-refractivity contribution in [3.63, 3.8) is 0 Å². The number of halogens is 3. The topological polar surface area (TPSA) is 96.9 Å². The van der Waals surface area contributed by atoms with Crippen LogP contribution in [0.25, 0.3) is 0 Å². The Hall–Kier alpha value is -3.00. The zero-order valence-corrected chi connectivity index (χ0v) is 9.04. The SMILES string of the molecule is N#CC(C#N)=CNc1cc(F)c(F)c(C(=O)O)c1F. The first-order valence-electron chi connectivity index (χ1n) is 4.60. The molecular weight excluding hydrogens is 263 g/mol. The predicted molar refractivity (Wildman–Crippen MR) is 56.2 cm³/mol. The van der Waals surface area contributed by atoms with Crippen LogP contribution in [0.2, 0.25) is 0 Å². The van der Waals surface area contributed by atoms with E-state index in [2.05, 4.69) is 0 Å². The minimum atomic E-state index is -1.98. The molecule has 0 aliphatic carbocycles. The number of carboxylic acid groups (broad SMARTS) is 1. The van der Waals surface area contributed by atoms with Crippen LogP contribution >= 0.6 is 0 Å². The molecule has 96 valence electrons. The Bertz CT molecular complexity index is 641. The van der Waals surface area contributed by atoms with E-state index in [4.69, 9.17) is 15.6 Å². The summed E-state index contributed by atoms with van der Waals surface area (Å²) >= 11 is 0. The maximum absolute atomic E-state index is 13.6. The summed E-state index contributed by atoms with van der Waals surface area (Å²) in [5.41, 5.74) is -2.63. The smallest absolute Gasteiger partial charge is 0.341 e. The van der Waals surface area contributed by atoms with Crippen molar-refractivity contribution in [2.24, 2.45) is 0 Å². The molecule has 0 heterocycles. The van der Waals surface area contributed by atoms with E-state index in [1.54, 1.807) is 0 Å². The average molecular weight is 267 g/mol. The Morgan fingerprint density at radius 1 is 1.26 bits per heavy atom. The minimum Gasteiger partial charge on any atom is -0.477 e. The third kappa shape index (κ3) is 2.82. The zero-order valence-electron chi connectivity index (χ0n) is 9.04. The third-order valence-electron chi connectivity index (χ3n) is 1.98. The molecule has 0 aliphatic rings. The Labute approximate surface area is 104 Å². The second kappa shape index (κ2) is 5.56. The van der Waals surface area contributed by atoms with Gasteiger partial charge in [0.05, 0.1) is 5.69 Å². The van der Waals surface area contributed by atoms with Gasteiger partial charge in [-0.1, -0.05) is 0 Å². The predicted octanol–water partition coefficient (Wildman–Crippen LogP) is 2.15. The van der Waals surface area contributed by atoms with Gasteiger partial charge in [-0.15, -0.1) is 0 Å². The van der Waals surface area contributed by atoms with Gasteiger partial charge in [0.25, 0.3) is 0 Å². The number of hydrogen-bond donors (Lipinski definition) is 2. The van der Waals surface area contributed by atoms with Crippen molar-refractivity contribution in [1.82, 2.24) is 0 Å². The summed E-state index contributed by atoms with van der Waals surface area (Å²) in [4.78, 5) is 10.6. The number of aromatic carboxylic acids is 1. The van der Waals surface area contributed by atoms with Crippen LogP contribution in [-0.4, -0.2) is 11.1 Å². The first kappa shape index (κ1) is 14.1. The van der Waals surface area contributed by atoms with Crippen molar-refractivity contribution >= 4 is 11.7 Å². The molecule has 0 saturated carbocycles. The highest BCUT2D eigenvalue weighted by Crippen LogP contribution is 2.24. The van der Waals surface area contributed by atoms with Crippen molar-refractivity contribution in [2.45, 2.75) is 0 Å². The van der Waals surface area contributed by atoms with Crippen LogP contribution < -0.4 is 5.32 Å². The fourth-order valence-electron chi connectivity index (χ4n) is 1.14. The van der Waals surface area contributed by atoms with Gasteiger partial charge in [0.2, 0.25) is 0 Å². The number of carboxylic acids is 1. The fourth-order valence-corrected chi connectivity index (χ4v) is 1.14. The molecule has 1 aromatic rings. The van der Waals surface area contributed by atoms with Crippen LogP contribution in [0.4, 0.5) is 18.9 Å². The van der Waals surface area contributed by atoms with Crippen LogP contribution in [0, 0.1) is 40.1 Å². The van der Waals surface area contributed by atoms with Gasteiger partial charge in [0.15, 0.2) is 17.5 Å². The Morgan fingerprint density at radius 2 is 1.84 bits per heavy atom. The van der Waals surface area contributed by atoms with Gasteiger partial charge < -0.3 is 10.4 Å². The van der Waals surface area contributed by atoms with Crippen molar-refractivity contribution in [3.05, 3.63) is 40.9 Å². The highest BCUT2D eigenvalue weighted by Gasteiger charge is 2.23. The number of allylic oxidation sites excluding steroid dienone is 1. The number of rotatable bonds is 3. The van der Waals surface area contributed by atoms with E-state index < -0.39 is 40.2 Å². The standard InChI is InChI=1S/C11H4F3N3O2/c12-6-1-7(17-4-5(2-15)3-16)10(14)8(9(6)13)11(18)19/h1,4,17H,(H,18,19). The molecule has 0 amide bonds. The molecule has 5 nitrogen and oxygen atoms in total. The molecular formula is C11H4F3N3O2. The van der Waals surface area contributed by atoms with Crippen molar-refractivity contribution in [2.75, 3.05) is 5.32 Å². The van der Waals surface area contributed by atoms with Crippen molar-refractivity contribution in [3.8, 4) is 12.1 Å². The van der Waals surface area contributed by atoms with Gasteiger partial charge in [-0.2, -0.15) is 10.5 Å².